The number of amides is 1. The molecule has 5 nitrogen and oxygen atoms in total. The van der Waals surface area contributed by atoms with Gasteiger partial charge in [-0.15, -0.1) is 0 Å². The first-order chi connectivity index (χ1) is 16.0. The molecule has 1 fully saturated rings. The number of ether oxygens (including phenoxy) is 2. The molecule has 1 aliphatic heterocycles. The van der Waals surface area contributed by atoms with Crippen LogP contribution >= 0.6 is 35.6 Å². The summed E-state index contributed by atoms with van der Waals surface area (Å²) in [7, 11) is 0. The highest BCUT2D eigenvalue weighted by Crippen LogP contribution is 2.33. The van der Waals surface area contributed by atoms with Crippen molar-refractivity contribution in [1.29, 1.82) is 0 Å². The van der Waals surface area contributed by atoms with E-state index in [0.29, 0.717) is 40.4 Å². The van der Waals surface area contributed by atoms with E-state index in [2.05, 4.69) is 0 Å². The van der Waals surface area contributed by atoms with Crippen LogP contribution in [-0.4, -0.2) is 34.2 Å². The maximum atomic E-state index is 12.8. The lowest BCUT2D eigenvalue weighted by Gasteiger charge is -2.13. The van der Waals surface area contributed by atoms with Crippen LogP contribution in [-0.2, 0) is 20.9 Å². The van der Waals surface area contributed by atoms with Gasteiger partial charge in [-0.1, -0.05) is 66.3 Å². The predicted octanol–water partition coefficient (Wildman–Crippen LogP) is 6.24. The normalized spacial score (nSPS) is 14.7. The number of carbonyl (C=O) groups is 2. The maximum Gasteiger partial charge on any atom is 0.305 e. The first-order valence-corrected chi connectivity index (χ1v) is 12.4. The van der Waals surface area contributed by atoms with Gasteiger partial charge in [-0.05, 0) is 61.2 Å². The van der Waals surface area contributed by atoms with Gasteiger partial charge in [0.05, 0.1) is 11.5 Å². The first kappa shape index (κ1) is 25.3. The molecule has 0 atom stereocenters. The van der Waals surface area contributed by atoms with E-state index in [9.17, 15) is 9.59 Å². The molecular weight excluding hydrogens is 478 g/mol. The van der Waals surface area contributed by atoms with E-state index in [1.165, 1.54) is 11.8 Å². The van der Waals surface area contributed by atoms with Gasteiger partial charge in [-0.25, -0.2) is 0 Å². The Balaban J connectivity index is 1.48. The standard InChI is InChI=1S/C25H26ClNO4S2/c1-2-30-23(28)6-4-3-5-15-27-24(29)22(33-25(27)32)16-18-9-13-21(14-10-18)31-17-19-7-11-20(26)12-8-19/h7-14,16H,2-6,15,17H2,1H3/b22-16-. The summed E-state index contributed by atoms with van der Waals surface area (Å²) in [5.74, 6) is 0.503. The molecule has 3 rings (SSSR count). The van der Waals surface area contributed by atoms with E-state index < -0.39 is 0 Å². The number of hydrogen-bond donors (Lipinski definition) is 0. The van der Waals surface area contributed by atoms with Gasteiger partial charge >= 0.3 is 5.97 Å². The van der Waals surface area contributed by atoms with Crippen LogP contribution in [0.25, 0.3) is 6.08 Å². The lowest BCUT2D eigenvalue weighted by Crippen LogP contribution is -2.29. The Morgan fingerprint density at radius 3 is 2.52 bits per heavy atom. The van der Waals surface area contributed by atoms with Gasteiger partial charge in [0.2, 0.25) is 0 Å². The molecule has 0 aliphatic carbocycles. The summed E-state index contributed by atoms with van der Waals surface area (Å²) in [5, 5.41) is 0.697. The SMILES string of the molecule is CCOC(=O)CCCCCN1C(=O)/C(=C/c2ccc(OCc3ccc(Cl)cc3)cc2)SC1=S. The van der Waals surface area contributed by atoms with Crippen molar-refractivity contribution in [3.8, 4) is 5.75 Å². The van der Waals surface area contributed by atoms with Gasteiger partial charge in [0.15, 0.2) is 0 Å². The number of thiocarbonyl (C=S) groups is 1. The van der Waals surface area contributed by atoms with Crippen LogP contribution in [0.5, 0.6) is 5.75 Å². The first-order valence-electron chi connectivity index (χ1n) is 10.8. The number of thioether (sulfide) groups is 1. The monoisotopic (exact) mass is 503 g/mol. The van der Waals surface area contributed by atoms with Gasteiger partial charge in [-0.2, -0.15) is 0 Å². The number of carbonyl (C=O) groups excluding carboxylic acids is 2. The summed E-state index contributed by atoms with van der Waals surface area (Å²) in [5.41, 5.74) is 1.94. The molecule has 0 radical (unpaired) electrons. The van der Waals surface area contributed by atoms with Crippen molar-refractivity contribution in [1.82, 2.24) is 4.90 Å². The fourth-order valence-electron chi connectivity index (χ4n) is 3.20. The van der Waals surface area contributed by atoms with Gasteiger partial charge in [-0.3, -0.25) is 14.5 Å². The van der Waals surface area contributed by atoms with E-state index in [4.69, 9.17) is 33.3 Å². The Morgan fingerprint density at radius 2 is 1.82 bits per heavy atom. The number of nitrogens with zero attached hydrogens (tertiary/aromatic N) is 1. The second kappa shape index (κ2) is 12.8. The highest BCUT2D eigenvalue weighted by molar-refractivity contribution is 8.26. The van der Waals surface area contributed by atoms with Crippen molar-refractivity contribution in [2.24, 2.45) is 0 Å². The zero-order valence-corrected chi connectivity index (χ0v) is 20.8. The van der Waals surface area contributed by atoms with E-state index in [0.717, 1.165) is 36.1 Å². The number of unbranched alkanes of at least 4 members (excludes halogenated alkanes) is 2. The molecule has 0 spiro atoms. The summed E-state index contributed by atoms with van der Waals surface area (Å²) in [6, 6.07) is 15.1. The minimum atomic E-state index is -0.174. The van der Waals surface area contributed by atoms with Crippen molar-refractivity contribution >= 4 is 57.9 Å². The van der Waals surface area contributed by atoms with Crippen LogP contribution < -0.4 is 4.74 Å². The highest BCUT2D eigenvalue weighted by Gasteiger charge is 2.31. The Morgan fingerprint density at radius 1 is 1.09 bits per heavy atom. The topological polar surface area (TPSA) is 55.8 Å². The number of rotatable bonds is 11. The minimum absolute atomic E-state index is 0.0709. The zero-order chi connectivity index (χ0) is 23.6. The number of esters is 1. The van der Waals surface area contributed by atoms with Crippen LogP contribution in [0.2, 0.25) is 5.02 Å². The smallest absolute Gasteiger partial charge is 0.305 e. The Hall–Kier alpha value is -2.35. The molecule has 0 bridgehead atoms. The number of halogens is 1. The summed E-state index contributed by atoms with van der Waals surface area (Å²) in [6.45, 7) is 3.21. The number of benzene rings is 2. The van der Waals surface area contributed by atoms with Gasteiger partial charge in [0, 0.05) is 18.0 Å². The van der Waals surface area contributed by atoms with E-state index in [1.807, 2.05) is 54.6 Å². The fraction of sp³-hybridized carbons (Fsp3) is 0.320. The zero-order valence-electron chi connectivity index (χ0n) is 18.4. The molecule has 2 aromatic carbocycles. The van der Waals surface area contributed by atoms with Crippen molar-refractivity contribution in [2.45, 2.75) is 39.2 Å². The molecule has 1 amide bonds. The second-order valence-electron chi connectivity index (χ2n) is 7.43. The summed E-state index contributed by atoms with van der Waals surface area (Å²) in [6.07, 6.45) is 4.63. The quantitative estimate of drug-likeness (QED) is 0.156. The molecule has 1 saturated heterocycles. The molecule has 33 heavy (non-hydrogen) atoms. The molecule has 0 saturated carbocycles. The van der Waals surface area contributed by atoms with Gasteiger partial charge in [0.25, 0.3) is 5.91 Å². The van der Waals surface area contributed by atoms with Crippen molar-refractivity contribution in [2.75, 3.05) is 13.2 Å². The largest absolute Gasteiger partial charge is 0.489 e. The molecule has 1 heterocycles. The predicted molar refractivity (Wildman–Crippen MR) is 137 cm³/mol. The molecule has 8 heteroatoms. The third-order valence-electron chi connectivity index (χ3n) is 4.94. The van der Waals surface area contributed by atoms with Crippen molar-refractivity contribution < 1.29 is 19.1 Å². The lowest BCUT2D eigenvalue weighted by atomic mass is 10.2. The summed E-state index contributed by atoms with van der Waals surface area (Å²) in [4.78, 5) is 26.4. The molecule has 0 unspecified atom stereocenters. The minimum Gasteiger partial charge on any atom is -0.489 e. The van der Waals surface area contributed by atoms with E-state index in [1.54, 1.807) is 11.8 Å². The van der Waals surface area contributed by atoms with Gasteiger partial charge in [0.1, 0.15) is 16.7 Å². The average Bonchev–Trinajstić information content (AvgIpc) is 3.07. The van der Waals surface area contributed by atoms with Crippen molar-refractivity contribution in [3.63, 3.8) is 0 Å². The molecular formula is C25H26ClNO4S2. The van der Waals surface area contributed by atoms with Crippen LogP contribution in [0.4, 0.5) is 0 Å². The molecule has 0 N–H and O–H groups in total. The van der Waals surface area contributed by atoms with Crippen molar-refractivity contribution in [3.05, 3.63) is 69.6 Å². The molecule has 174 valence electrons. The van der Waals surface area contributed by atoms with Crippen LogP contribution in [0.3, 0.4) is 0 Å². The fourth-order valence-corrected chi connectivity index (χ4v) is 4.64. The number of hydrogen-bond acceptors (Lipinski definition) is 6. The van der Waals surface area contributed by atoms with Gasteiger partial charge < -0.3 is 9.47 Å². The average molecular weight is 504 g/mol. The lowest BCUT2D eigenvalue weighted by molar-refractivity contribution is -0.143. The Bertz CT molecular complexity index is 1010. The summed E-state index contributed by atoms with van der Waals surface area (Å²) < 4.78 is 11.3. The molecule has 0 aromatic heterocycles. The Kier molecular flexibility index (Phi) is 9.78. The van der Waals surface area contributed by atoms with E-state index in [-0.39, 0.29) is 11.9 Å². The third-order valence-corrected chi connectivity index (χ3v) is 6.57. The third kappa shape index (κ3) is 7.88. The Labute approximate surface area is 209 Å². The maximum absolute atomic E-state index is 12.8. The van der Waals surface area contributed by atoms with Crippen LogP contribution in [0.15, 0.2) is 53.4 Å². The van der Waals surface area contributed by atoms with E-state index >= 15 is 0 Å². The summed E-state index contributed by atoms with van der Waals surface area (Å²) >= 11 is 12.6. The van der Waals surface area contributed by atoms with Crippen LogP contribution in [0, 0.1) is 0 Å². The molecule has 2 aromatic rings. The second-order valence-corrected chi connectivity index (χ2v) is 9.55. The highest BCUT2D eigenvalue weighted by atomic mass is 35.5. The molecule has 1 aliphatic rings. The van der Waals surface area contributed by atoms with Crippen LogP contribution in [0.1, 0.15) is 43.7 Å².